The standard InChI is InChI=1S/C13H19BrN2O3S/c1-4-7-16(9-13(17)15-3)20(18,19)12-8-11(14)6-5-10(12)2/h5-6,8H,4,7,9H2,1-3H3,(H,15,17). The van der Waals surface area contributed by atoms with E-state index in [9.17, 15) is 13.2 Å². The van der Waals surface area contributed by atoms with Gasteiger partial charge in [-0.2, -0.15) is 4.31 Å². The van der Waals surface area contributed by atoms with Gasteiger partial charge in [0.2, 0.25) is 15.9 Å². The van der Waals surface area contributed by atoms with Crippen LogP contribution in [0.1, 0.15) is 18.9 Å². The molecule has 0 unspecified atom stereocenters. The highest BCUT2D eigenvalue weighted by Crippen LogP contribution is 2.24. The Bertz CT molecular complexity index is 587. The first-order valence-electron chi connectivity index (χ1n) is 6.29. The number of halogens is 1. The third-order valence-corrected chi connectivity index (χ3v) is 5.32. The van der Waals surface area contributed by atoms with Crippen LogP contribution in [0.5, 0.6) is 0 Å². The predicted octanol–water partition coefficient (Wildman–Crippen LogP) is 1.90. The Morgan fingerprint density at radius 2 is 2.05 bits per heavy atom. The van der Waals surface area contributed by atoms with Crippen molar-refractivity contribution in [1.29, 1.82) is 0 Å². The minimum Gasteiger partial charge on any atom is -0.358 e. The molecule has 112 valence electrons. The van der Waals surface area contributed by atoms with Crippen molar-refractivity contribution >= 4 is 31.9 Å². The van der Waals surface area contributed by atoms with Crippen LogP contribution < -0.4 is 5.32 Å². The minimum absolute atomic E-state index is 0.168. The van der Waals surface area contributed by atoms with Gasteiger partial charge in [0.1, 0.15) is 0 Å². The topological polar surface area (TPSA) is 66.5 Å². The van der Waals surface area contributed by atoms with E-state index in [0.29, 0.717) is 23.0 Å². The first-order valence-corrected chi connectivity index (χ1v) is 8.53. The Morgan fingerprint density at radius 3 is 2.60 bits per heavy atom. The minimum atomic E-state index is -3.68. The van der Waals surface area contributed by atoms with Gasteiger partial charge in [0.05, 0.1) is 11.4 Å². The van der Waals surface area contributed by atoms with Crippen LogP contribution in [0.3, 0.4) is 0 Å². The SMILES string of the molecule is CCCN(CC(=O)NC)S(=O)(=O)c1cc(Br)ccc1C. The molecule has 5 nitrogen and oxygen atoms in total. The first-order chi connectivity index (χ1) is 9.32. The summed E-state index contributed by atoms with van der Waals surface area (Å²) in [5.74, 6) is -0.324. The molecule has 0 fully saturated rings. The van der Waals surface area contributed by atoms with E-state index in [-0.39, 0.29) is 17.3 Å². The molecule has 20 heavy (non-hydrogen) atoms. The van der Waals surface area contributed by atoms with Gasteiger partial charge in [-0.05, 0) is 31.0 Å². The van der Waals surface area contributed by atoms with Crippen LogP contribution in [-0.4, -0.2) is 38.8 Å². The van der Waals surface area contributed by atoms with E-state index in [2.05, 4.69) is 21.2 Å². The van der Waals surface area contributed by atoms with Crippen molar-refractivity contribution in [3.05, 3.63) is 28.2 Å². The number of nitrogens with zero attached hydrogens (tertiary/aromatic N) is 1. The smallest absolute Gasteiger partial charge is 0.243 e. The Kier molecular flexibility index (Phi) is 6.16. The normalized spacial score (nSPS) is 11.7. The van der Waals surface area contributed by atoms with Gasteiger partial charge in [0.25, 0.3) is 0 Å². The summed E-state index contributed by atoms with van der Waals surface area (Å²) in [5.41, 5.74) is 0.659. The number of amides is 1. The lowest BCUT2D eigenvalue weighted by atomic mass is 10.2. The average Bonchev–Trinajstić information content (AvgIpc) is 2.40. The van der Waals surface area contributed by atoms with Crippen LogP contribution in [0.2, 0.25) is 0 Å². The zero-order chi connectivity index (χ0) is 15.3. The van der Waals surface area contributed by atoms with Crippen molar-refractivity contribution in [3.8, 4) is 0 Å². The predicted molar refractivity (Wildman–Crippen MR) is 82.0 cm³/mol. The second kappa shape index (κ2) is 7.19. The van der Waals surface area contributed by atoms with E-state index >= 15 is 0 Å². The second-order valence-electron chi connectivity index (χ2n) is 4.42. The zero-order valence-corrected chi connectivity index (χ0v) is 14.2. The van der Waals surface area contributed by atoms with Gasteiger partial charge in [0.15, 0.2) is 0 Å². The molecular weight excluding hydrogens is 344 g/mol. The lowest BCUT2D eigenvalue weighted by molar-refractivity contribution is -0.120. The highest BCUT2D eigenvalue weighted by Gasteiger charge is 2.27. The van der Waals surface area contributed by atoms with Crippen LogP contribution >= 0.6 is 15.9 Å². The summed E-state index contributed by atoms with van der Waals surface area (Å²) in [4.78, 5) is 11.7. The molecule has 1 aromatic carbocycles. The fraction of sp³-hybridized carbons (Fsp3) is 0.462. The van der Waals surface area contributed by atoms with Crippen LogP contribution in [0.4, 0.5) is 0 Å². The molecule has 0 aliphatic carbocycles. The zero-order valence-electron chi connectivity index (χ0n) is 11.8. The summed E-state index contributed by atoms with van der Waals surface area (Å²) < 4.78 is 27.2. The van der Waals surface area contributed by atoms with E-state index in [1.165, 1.54) is 11.4 Å². The maximum Gasteiger partial charge on any atom is 0.243 e. The molecule has 0 spiro atoms. The van der Waals surface area contributed by atoms with Gasteiger partial charge in [-0.3, -0.25) is 4.79 Å². The van der Waals surface area contributed by atoms with Crippen LogP contribution in [-0.2, 0) is 14.8 Å². The number of rotatable bonds is 6. The highest BCUT2D eigenvalue weighted by molar-refractivity contribution is 9.10. The molecule has 1 N–H and O–H groups in total. The van der Waals surface area contributed by atoms with Crippen molar-refractivity contribution in [1.82, 2.24) is 9.62 Å². The Balaban J connectivity index is 3.22. The number of benzene rings is 1. The summed E-state index contributed by atoms with van der Waals surface area (Å²) in [6, 6.07) is 5.09. The maximum atomic E-state index is 12.7. The summed E-state index contributed by atoms with van der Waals surface area (Å²) in [7, 11) is -2.19. The van der Waals surface area contributed by atoms with E-state index in [4.69, 9.17) is 0 Å². The van der Waals surface area contributed by atoms with Gasteiger partial charge < -0.3 is 5.32 Å². The van der Waals surface area contributed by atoms with Crippen molar-refractivity contribution in [2.75, 3.05) is 20.1 Å². The van der Waals surface area contributed by atoms with Crippen LogP contribution in [0.25, 0.3) is 0 Å². The van der Waals surface area contributed by atoms with E-state index in [0.717, 1.165) is 0 Å². The molecule has 0 radical (unpaired) electrons. The lowest BCUT2D eigenvalue weighted by Gasteiger charge is -2.22. The summed E-state index contributed by atoms with van der Waals surface area (Å²) in [6.07, 6.45) is 0.642. The number of likely N-dealkylation sites (N-methyl/N-ethyl adjacent to an activating group) is 1. The van der Waals surface area contributed by atoms with Crippen molar-refractivity contribution in [3.63, 3.8) is 0 Å². The molecule has 0 heterocycles. The largest absolute Gasteiger partial charge is 0.358 e. The molecule has 1 amide bonds. The van der Waals surface area contributed by atoms with E-state index in [1.807, 2.05) is 6.92 Å². The average molecular weight is 363 g/mol. The fourth-order valence-electron chi connectivity index (χ4n) is 1.76. The van der Waals surface area contributed by atoms with E-state index < -0.39 is 10.0 Å². The summed E-state index contributed by atoms with van der Waals surface area (Å²) in [5, 5.41) is 2.45. The highest BCUT2D eigenvalue weighted by atomic mass is 79.9. The fourth-order valence-corrected chi connectivity index (χ4v) is 4.02. The van der Waals surface area contributed by atoms with Crippen molar-refractivity contribution < 1.29 is 13.2 Å². The molecule has 0 saturated carbocycles. The Hall–Kier alpha value is -0.920. The molecule has 0 saturated heterocycles. The molecule has 1 rings (SSSR count). The molecule has 0 aliphatic heterocycles. The van der Waals surface area contributed by atoms with Crippen molar-refractivity contribution in [2.45, 2.75) is 25.2 Å². The number of carbonyl (C=O) groups is 1. The molecule has 0 aliphatic rings. The third-order valence-electron chi connectivity index (χ3n) is 2.84. The molecule has 0 atom stereocenters. The van der Waals surface area contributed by atoms with Gasteiger partial charge >= 0.3 is 0 Å². The molecule has 7 heteroatoms. The van der Waals surface area contributed by atoms with Gasteiger partial charge in [-0.1, -0.05) is 28.9 Å². The second-order valence-corrected chi connectivity index (χ2v) is 7.24. The first kappa shape index (κ1) is 17.1. The number of hydrogen-bond donors (Lipinski definition) is 1. The Labute approximate surface area is 128 Å². The molecular formula is C13H19BrN2O3S. The van der Waals surface area contributed by atoms with Gasteiger partial charge in [0, 0.05) is 18.1 Å². The number of carbonyl (C=O) groups excluding carboxylic acids is 1. The quantitative estimate of drug-likeness (QED) is 0.840. The lowest BCUT2D eigenvalue weighted by Crippen LogP contribution is -2.40. The number of hydrogen-bond acceptors (Lipinski definition) is 3. The number of nitrogens with one attached hydrogen (secondary N) is 1. The number of sulfonamides is 1. The third kappa shape index (κ3) is 4.04. The summed E-state index contributed by atoms with van der Waals surface area (Å²) in [6.45, 7) is 3.75. The van der Waals surface area contributed by atoms with E-state index in [1.54, 1.807) is 25.1 Å². The number of aryl methyl sites for hydroxylation is 1. The molecule has 1 aromatic rings. The van der Waals surface area contributed by atoms with Gasteiger partial charge in [-0.15, -0.1) is 0 Å². The monoisotopic (exact) mass is 362 g/mol. The van der Waals surface area contributed by atoms with Crippen LogP contribution in [0, 0.1) is 6.92 Å². The molecule has 0 bridgehead atoms. The molecule has 0 aromatic heterocycles. The van der Waals surface area contributed by atoms with Gasteiger partial charge in [-0.25, -0.2) is 8.42 Å². The van der Waals surface area contributed by atoms with Crippen LogP contribution in [0.15, 0.2) is 27.6 Å². The Morgan fingerprint density at radius 1 is 1.40 bits per heavy atom. The maximum absolute atomic E-state index is 12.7. The summed E-state index contributed by atoms with van der Waals surface area (Å²) >= 11 is 3.28. The van der Waals surface area contributed by atoms with Crippen molar-refractivity contribution in [2.24, 2.45) is 0 Å².